The van der Waals surface area contributed by atoms with Crippen molar-refractivity contribution in [1.82, 2.24) is 4.98 Å². The van der Waals surface area contributed by atoms with Crippen molar-refractivity contribution in [3.8, 4) is 6.07 Å². The number of carboxylic acids is 1. The highest BCUT2D eigenvalue weighted by molar-refractivity contribution is 9.10. The molecule has 0 aromatic carbocycles. The number of halogens is 1. The van der Waals surface area contributed by atoms with Crippen molar-refractivity contribution in [3.05, 3.63) is 28.0 Å². The third-order valence-corrected chi connectivity index (χ3v) is 2.09. The summed E-state index contributed by atoms with van der Waals surface area (Å²) in [5.41, 5.74) is 0.212. The van der Waals surface area contributed by atoms with Gasteiger partial charge < -0.3 is 5.11 Å². The average molecular weight is 227 g/mol. The predicted molar refractivity (Wildman–Crippen MR) is 43.6 cm³/mol. The van der Waals surface area contributed by atoms with Gasteiger partial charge in [-0.25, -0.2) is 4.79 Å². The maximum absolute atomic E-state index is 10.5. The first kappa shape index (κ1) is 8.68. The van der Waals surface area contributed by atoms with Crippen LogP contribution >= 0.6 is 15.9 Å². The number of carbonyl (C=O) groups is 1. The number of hydrogen-bond donors (Lipinski definition) is 1. The fourth-order valence-corrected chi connectivity index (χ4v) is 1.13. The molecule has 0 saturated heterocycles. The maximum atomic E-state index is 10.5. The summed E-state index contributed by atoms with van der Waals surface area (Å²) in [6.07, 6.45) is 2.49. The molecule has 4 nitrogen and oxygen atoms in total. The molecular weight excluding hydrogens is 224 g/mol. The topological polar surface area (TPSA) is 74.0 Å². The number of nitriles is 1. The van der Waals surface area contributed by atoms with Gasteiger partial charge in [0.15, 0.2) is 0 Å². The molecule has 0 fully saturated rings. The van der Waals surface area contributed by atoms with Crippen LogP contribution in [0.4, 0.5) is 0 Å². The molecule has 0 radical (unpaired) electrons. The van der Waals surface area contributed by atoms with E-state index in [2.05, 4.69) is 20.9 Å². The van der Waals surface area contributed by atoms with E-state index in [9.17, 15) is 4.79 Å². The lowest BCUT2D eigenvalue weighted by Gasteiger charge is -1.97. The van der Waals surface area contributed by atoms with Gasteiger partial charge in [0.1, 0.15) is 6.07 Å². The highest BCUT2D eigenvalue weighted by Crippen LogP contribution is 2.19. The van der Waals surface area contributed by atoms with Gasteiger partial charge in [-0.15, -0.1) is 0 Å². The fourth-order valence-electron chi connectivity index (χ4n) is 0.672. The zero-order valence-corrected chi connectivity index (χ0v) is 7.37. The number of nitrogens with zero attached hydrogens (tertiary/aromatic N) is 2. The third-order valence-electron chi connectivity index (χ3n) is 1.23. The lowest BCUT2D eigenvalue weighted by atomic mass is 10.2. The highest BCUT2D eigenvalue weighted by Gasteiger charge is 2.11. The molecule has 0 saturated carbocycles. The Labute approximate surface area is 76.6 Å². The van der Waals surface area contributed by atoms with Crippen molar-refractivity contribution in [2.75, 3.05) is 0 Å². The number of hydrogen-bond acceptors (Lipinski definition) is 3. The molecule has 1 aromatic heterocycles. The molecule has 0 unspecified atom stereocenters. The summed E-state index contributed by atoms with van der Waals surface area (Å²) in [6.45, 7) is 0. The summed E-state index contributed by atoms with van der Waals surface area (Å²) in [4.78, 5) is 14.1. The summed E-state index contributed by atoms with van der Waals surface area (Å²) >= 11 is 3.00. The molecule has 5 heteroatoms. The van der Waals surface area contributed by atoms with Gasteiger partial charge in [-0.1, -0.05) is 0 Å². The third kappa shape index (κ3) is 1.43. The van der Waals surface area contributed by atoms with Gasteiger partial charge in [0.2, 0.25) is 0 Å². The van der Waals surface area contributed by atoms with Crippen LogP contribution in [0.2, 0.25) is 0 Å². The molecule has 1 aromatic rings. The standard InChI is InChI=1S/C7H3BrN2O2/c8-6-4(1-9)2-10-3-5(6)7(11)12/h2-3H,(H,11,12). The SMILES string of the molecule is N#Cc1cncc(C(=O)O)c1Br. The Hall–Kier alpha value is -1.41. The summed E-state index contributed by atoms with van der Waals surface area (Å²) < 4.78 is 0.271. The lowest BCUT2D eigenvalue weighted by molar-refractivity contribution is 0.0695. The highest BCUT2D eigenvalue weighted by atomic mass is 79.9. The molecule has 0 aliphatic heterocycles. The number of aromatic nitrogens is 1. The molecule has 1 N–H and O–H groups in total. The zero-order valence-electron chi connectivity index (χ0n) is 5.78. The number of pyridine rings is 1. The first-order valence-electron chi connectivity index (χ1n) is 2.93. The van der Waals surface area contributed by atoms with E-state index in [4.69, 9.17) is 10.4 Å². The Kier molecular flexibility index (Phi) is 2.41. The molecule has 0 atom stereocenters. The minimum atomic E-state index is -1.11. The van der Waals surface area contributed by atoms with Gasteiger partial charge in [0, 0.05) is 12.4 Å². The maximum Gasteiger partial charge on any atom is 0.338 e. The normalized spacial score (nSPS) is 9.00. The first-order valence-corrected chi connectivity index (χ1v) is 3.73. The van der Waals surface area contributed by atoms with E-state index in [0.29, 0.717) is 0 Å². The minimum Gasteiger partial charge on any atom is -0.478 e. The lowest BCUT2D eigenvalue weighted by Crippen LogP contribution is -1.99. The molecule has 12 heavy (non-hydrogen) atoms. The van der Waals surface area contributed by atoms with Crippen LogP contribution in [0.1, 0.15) is 15.9 Å². The van der Waals surface area contributed by atoms with E-state index in [1.807, 2.05) is 6.07 Å². The molecule has 0 aliphatic rings. The van der Waals surface area contributed by atoms with Crippen LogP contribution in [-0.2, 0) is 0 Å². The molecule has 1 rings (SSSR count). The van der Waals surface area contributed by atoms with Crippen LogP contribution in [0.3, 0.4) is 0 Å². The van der Waals surface area contributed by atoms with Gasteiger partial charge in [0.05, 0.1) is 15.6 Å². The Balaban J connectivity index is 3.35. The van der Waals surface area contributed by atoms with Crippen LogP contribution in [-0.4, -0.2) is 16.1 Å². The van der Waals surface area contributed by atoms with Crippen molar-refractivity contribution in [2.45, 2.75) is 0 Å². The van der Waals surface area contributed by atoms with Crippen LogP contribution in [0.15, 0.2) is 16.9 Å². The second-order valence-corrected chi connectivity index (χ2v) is 2.76. The zero-order chi connectivity index (χ0) is 9.14. The summed E-state index contributed by atoms with van der Waals surface area (Å²) in [5, 5.41) is 17.1. The minimum absolute atomic E-state index is 0.00551. The summed E-state index contributed by atoms with van der Waals surface area (Å²) in [5.74, 6) is -1.11. The molecule has 0 spiro atoms. The van der Waals surface area contributed by atoms with Crippen LogP contribution in [0.25, 0.3) is 0 Å². The Bertz CT molecular complexity index is 370. The smallest absolute Gasteiger partial charge is 0.338 e. The molecule has 1 heterocycles. The van der Waals surface area contributed by atoms with Gasteiger partial charge >= 0.3 is 5.97 Å². The average Bonchev–Trinajstić information content (AvgIpc) is 2.04. The Morgan fingerprint density at radius 3 is 2.83 bits per heavy atom. The molecule has 0 bridgehead atoms. The number of carboxylic acid groups (broad SMARTS) is 1. The van der Waals surface area contributed by atoms with Crippen molar-refractivity contribution >= 4 is 21.9 Å². The van der Waals surface area contributed by atoms with Crippen LogP contribution < -0.4 is 0 Å². The van der Waals surface area contributed by atoms with Gasteiger partial charge in [-0.3, -0.25) is 4.98 Å². The van der Waals surface area contributed by atoms with Crippen molar-refractivity contribution in [3.63, 3.8) is 0 Å². The van der Waals surface area contributed by atoms with E-state index in [1.54, 1.807) is 0 Å². The van der Waals surface area contributed by atoms with Crippen molar-refractivity contribution in [1.29, 1.82) is 5.26 Å². The molecule has 60 valence electrons. The predicted octanol–water partition coefficient (Wildman–Crippen LogP) is 1.41. The largest absolute Gasteiger partial charge is 0.478 e. The second-order valence-electron chi connectivity index (χ2n) is 1.97. The van der Waals surface area contributed by atoms with Crippen LogP contribution in [0.5, 0.6) is 0 Å². The molecule has 0 aliphatic carbocycles. The number of aromatic carboxylic acids is 1. The Morgan fingerprint density at radius 2 is 2.33 bits per heavy atom. The van der Waals surface area contributed by atoms with Gasteiger partial charge in [-0.05, 0) is 15.9 Å². The summed E-state index contributed by atoms with van der Waals surface area (Å²) in [6, 6.07) is 1.82. The van der Waals surface area contributed by atoms with E-state index in [0.717, 1.165) is 0 Å². The Morgan fingerprint density at radius 1 is 1.67 bits per heavy atom. The van der Waals surface area contributed by atoms with Crippen LogP contribution in [0, 0.1) is 11.3 Å². The van der Waals surface area contributed by atoms with Gasteiger partial charge in [0.25, 0.3) is 0 Å². The van der Waals surface area contributed by atoms with E-state index >= 15 is 0 Å². The number of rotatable bonds is 1. The monoisotopic (exact) mass is 226 g/mol. The van der Waals surface area contributed by atoms with Crippen molar-refractivity contribution in [2.24, 2.45) is 0 Å². The molecule has 0 amide bonds. The van der Waals surface area contributed by atoms with E-state index < -0.39 is 5.97 Å². The fraction of sp³-hybridized carbons (Fsp3) is 0. The summed E-state index contributed by atoms with van der Waals surface area (Å²) in [7, 11) is 0. The molecular formula is C7H3BrN2O2. The van der Waals surface area contributed by atoms with Crippen molar-refractivity contribution < 1.29 is 9.90 Å². The quantitative estimate of drug-likeness (QED) is 0.786. The van der Waals surface area contributed by atoms with Gasteiger partial charge in [-0.2, -0.15) is 5.26 Å². The second kappa shape index (κ2) is 3.32. The first-order chi connectivity index (χ1) is 5.66. The van der Waals surface area contributed by atoms with E-state index in [-0.39, 0.29) is 15.6 Å². The van der Waals surface area contributed by atoms with E-state index in [1.165, 1.54) is 12.4 Å².